The minimum absolute atomic E-state index is 0.0881. The molecule has 1 aliphatic rings. The lowest BCUT2D eigenvalue weighted by atomic mass is 10.1. The number of rotatable bonds is 4. The van der Waals surface area contributed by atoms with Crippen LogP contribution in [-0.2, 0) is 15.5 Å². The Morgan fingerprint density at radius 2 is 2.33 bits per heavy atom. The molecule has 1 saturated heterocycles. The lowest BCUT2D eigenvalue weighted by molar-refractivity contribution is 0.0310. The van der Waals surface area contributed by atoms with Gasteiger partial charge in [-0.1, -0.05) is 0 Å². The van der Waals surface area contributed by atoms with Gasteiger partial charge in [-0.2, -0.15) is 0 Å². The predicted octanol–water partition coefficient (Wildman–Crippen LogP) is 1.95. The molecule has 0 radical (unpaired) electrons. The molecule has 2 rings (SSSR count). The van der Waals surface area contributed by atoms with Crippen molar-refractivity contribution in [3.63, 3.8) is 0 Å². The SMILES string of the molecule is COc1ccc(N)c(S(=O)CC2CCCCO2)c1. The van der Waals surface area contributed by atoms with Crippen molar-refractivity contribution < 1.29 is 13.7 Å². The summed E-state index contributed by atoms with van der Waals surface area (Å²) < 4.78 is 23.0. The van der Waals surface area contributed by atoms with Gasteiger partial charge in [0.15, 0.2) is 0 Å². The Kier molecular flexibility index (Phi) is 4.60. The van der Waals surface area contributed by atoms with Crippen LogP contribution < -0.4 is 10.5 Å². The summed E-state index contributed by atoms with van der Waals surface area (Å²) in [6.07, 6.45) is 3.32. The molecule has 0 amide bonds. The summed E-state index contributed by atoms with van der Waals surface area (Å²) in [4.78, 5) is 0.642. The van der Waals surface area contributed by atoms with E-state index in [1.807, 2.05) is 0 Å². The fourth-order valence-electron chi connectivity index (χ4n) is 2.04. The van der Waals surface area contributed by atoms with E-state index < -0.39 is 10.8 Å². The molecule has 1 aromatic rings. The maximum atomic E-state index is 12.3. The number of ether oxygens (including phenoxy) is 2. The number of nitrogens with two attached hydrogens (primary N) is 1. The molecule has 1 aliphatic heterocycles. The monoisotopic (exact) mass is 269 g/mol. The molecular formula is C13H19NO3S. The fourth-order valence-corrected chi connectivity index (χ4v) is 3.39. The molecule has 0 bridgehead atoms. The summed E-state index contributed by atoms with van der Waals surface area (Å²) in [7, 11) is 0.451. The lowest BCUT2D eigenvalue weighted by Crippen LogP contribution is -2.25. The van der Waals surface area contributed by atoms with Crippen LogP contribution in [0, 0.1) is 0 Å². The van der Waals surface area contributed by atoms with E-state index in [1.54, 1.807) is 25.3 Å². The quantitative estimate of drug-likeness (QED) is 0.849. The Bertz CT molecular complexity index is 430. The first-order chi connectivity index (χ1) is 8.70. The Hall–Kier alpha value is -1.07. The number of methoxy groups -OCH3 is 1. The summed E-state index contributed by atoms with van der Waals surface area (Å²) in [5.41, 5.74) is 6.41. The van der Waals surface area contributed by atoms with Gasteiger partial charge in [0.05, 0.1) is 34.7 Å². The molecular weight excluding hydrogens is 250 g/mol. The Balaban J connectivity index is 2.07. The van der Waals surface area contributed by atoms with Gasteiger partial charge in [-0.3, -0.25) is 4.21 Å². The molecule has 4 nitrogen and oxygen atoms in total. The third kappa shape index (κ3) is 3.23. The van der Waals surface area contributed by atoms with E-state index in [1.165, 1.54) is 0 Å². The minimum Gasteiger partial charge on any atom is -0.497 e. The van der Waals surface area contributed by atoms with E-state index in [0.29, 0.717) is 22.1 Å². The van der Waals surface area contributed by atoms with Gasteiger partial charge in [-0.25, -0.2) is 0 Å². The van der Waals surface area contributed by atoms with E-state index in [0.717, 1.165) is 25.9 Å². The third-order valence-corrected chi connectivity index (χ3v) is 4.60. The van der Waals surface area contributed by atoms with Gasteiger partial charge in [-0.15, -0.1) is 0 Å². The van der Waals surface area contributed by atoms with Crippen LogP contribution in [0.3, 0.4) is 0 Å². The van der Waals surface area contributed by atoms with E-state index in [4.69, 9.17) is 15.2 Å². The first-order valence-electron chi connectivity index (χ1n) is 6.14. The van der Waals surface area contributed by atoms with Gasteiger partial charge < -0.3 is 15.2 Å². The number of anilines is 1. The van der Waals surface area contributed by atoms with Gasteiger partial charge in [0, 0.05) is 12.3 Å². The average molecular weight is 269 g/mol. The Labute approximate surface area is 110 Å². The molecule has 0 aromatic heterocycles. The van der Waals surface area contributed by atoms with Gasteiger partial charge in [-0.05, 0) is 37.5 Å². The summed E-state index contributed by atoms with van der Waals surface area (Å²) in [6.45, 7) is 0.773. The second-order valence-corrected chi connectivity index (χ2v) is 5.87. The zero-order chi connectivity index (χ0) is 13.0. The molecule has 2 unspecified atom stereocenters. The van der Waals surface area contributed by atoms with E-state index in [2.05, 4.69) is 0 Å². The maximum absolute atomic E-state index is 12.3. The van der Waals surface area contributed by atoms with Crippen LogP contribution >= 0.6 is 0 Å². The molecule has 1 aromatic carbocycles. The molecule has 0 aliphatic carbocycles. The van der Waals surface area contributed by atoms with Crippen LogP contribution in [0.1, 0.15) is 19.3 Å². The van der Waals surface area contributed by atoms with Crippen molar-refractivity contribution >= 4 is 16.5 Å². The third-order valence-electron chi connectivity index (χ3n) is 3.08. The number of benzene rings is 1. The molecule has 2 atom stereocenters. The van der Waals surface area contributed by atoms with Crippen molar-refractivity contribution in [2.24, 2.45) is 0 Å². The second-order valence-electron chi connectivity index (χ2n) is 4.40. The van der Waals surface area contributed by atoms with Crippen LogP contribution in [0.4, 0.5) is 5.69 Å². The van der Waals surface area contributed by atoms with Crippen LogP contribution in [0.2, 0.25) is 0 Å². The summed E-state index contributed by atoms with van der Waals surface area (Å²) in [5.74, 6) is 1.19. The van der Waals surface area contributed by atoms with Crippen molar-refractivity contribution in [1.82, 2.24) is 0 Å². The summed E-state index contributed by atoms with van der Waals surface area (Å²) >= 11 is 0. The standard InChI is InChI=1S/C13H19NO3S/c1-16-10-5-6-12(14)13(8-10)18(15)9-11-4-2-3-7-17-11/h5-6,8,11H,2-4,7,9,14H2,1H3. The molecule has 0 saturated carbocycles. The number of hydrogen-bond acceptors (Lipinski definition) is 4. The van der Waals surface area contributed by atoms with Gasteiger partial charge >= 0.3 is 0 Å². The van der Waals surface area contributed by atoms with Crippen LogP contribution in [0.15, 0.2) is 23.1 Å². The van der Waals surface area contributed by atoms with Crippen molar-refractivity contribution in [3.8, 4) is 5.75 Å². The van der Waals surface area contributed by atoms with Crippen LogP contribution in [0.5, 0.6) is 5.75 Å². The Morgan fingerprint density at radius 1 is 1.50 bits per heavy atom. The molecule has 1 heterocycles. The van der Waals surface area contributed by atoms with Crippen LogP contribution in [-0.4, -0.2) is 29.8 Å². The summed E-state index contributed by atoms with van der Waals surface area (Å²) in [5, 5.41) is 0. The fraction of sp³-hybridized carbons (Fsp3) is 0.538. The van der Waals surface area contributed by atoms with E-state index in [-0.39, 0.29) is 6.10 Å². The normalized spacial score (nSPS) is 21.5. The van der Waals surface area contributed by atoms with E-state index >= 15 is 0 Å². The number of nitrogen functional groups attached to an aromatic ring is 1. The zero-order valence-corrected chi connectivity index (χ0v) is 11.4. The average Bonchev–Trinajstić information content (AvgIpc) is 2.40. The van der Waals surface area contributed by atoms with Crippen LogP contribution in [0.25, 0.3) is 0 Å². The molecule has 2 N–H and O–H groups in total. The predicted molar refractivity (Wildman–Crippen MR) is 72.3 cm³/mol. The van der Waals surface area contributed by atoms with Crippen molar-refractivity contribution in [2.45, 2.75) is 30.3 Å². The topological polar surface area (TPSA) is 61.5 Å². The Morgan fingerprint density at radius 3 is 3.00 bits per heavy atom. The molecule has 18 heavy (non-hydrogen) atoms. The highest BCUT2D eigenvalue weighted by Gasteiger charge is 2.19. The highest BCUT2D eigenvalue weighted by atomic mass is 32.2. The van der Waals surface area contributed by atoms with Gasteiger partial charge in [0.2, 0.25) is 0 Å². The highest BCUT2D eigenvalue weighted by Crippen LogP contribution is 2.24. The first-order valence-corrected chi connectivity index (χ1v) is 7.46. The maximum Gasteiger partial charge on any atom is 0.120 e. The minimum atomic E-state index is -1.13. The summed E-state index contributed by atoms with van der Waals surface area (Å²) in [6, 6.07) is 5.25. The zero-order valence-electron chi connectivity index (χ0n) is 10.6. The highest BCUT2D eigenvalue weighted by molar-refractivity contribution is 7.85. The molecule has 100 valence electrons. The molecule has 5 heteroatoms. The number of hydrogen-bond donors (Lipinski definition) is 1. The molecule has 0 spiro atoms. The smallest absolute Gasteiger partial charge is 0.120 e. The largest absolute Gasteiger partial charge is 0.497 e. The van der Waals surface area contributed by atoms with Crippen molar-refractivity contribution in [3.05, 3.63) is 18.2 Å². The lowest BCUT2D eigenvalue weighted by Gasteiger charge is -2.22. The van der Waals surface area contributed by atoms with Crippen molar-refractivity contribution in [2.75, 3.05) is 25.2 Å². The van der Waals surface area contributed by atoms with Gasteiger partial charge in [0.1, 0.15) is 5.75 Å². The molecule has 1 fully saturated rings. The van der Waals surface area contributed by atoms with Gasteiger partial charge in [0.25, 0.3) is 0 Å². The van der Waals surface area contributed by atoms with Crippen molar-refractivity contribution in [1.29, 1.82) is 0 Å². The van der Waals surface area contributed by atoms with E-state index in [9.17, 15) is 4.21 Å². The first kappa shape index (κ1) is 13.4. The second kappa shape index (κ2) is 6.20.